The standard InChI is InChI=1S/C11H10ClN3O/c12-9-3-1-8(7-14-9)2-4-10-13-6-5-11(16)15-10/h1,3,5-7H,2,4H2,(H,13,15,16). The molecule has 0 amide bonds. The Labute approximate surface area is 97.3 Å². The third-order valence-electron chi connectivity index (χ3n) is 2.16. The Morgan fingerprint density at radius 3 is 2.75 bits per heavy atom. The number of pyridine rings is 1. The van der Waals surface area contributed by atoms with E-state index in [2.05, 4.69) is 15.0 Å². The Hall–Kier alpha value is -1.68. The second-order valence-corrected chi connectivity index (χ2v) is 3.76. The molecule has 0 aromatic carbocycles. The summed E-state index contributed by atoms with van der Waals surface area (Å²) < 4.78 is 0. The number of rotatable bonds is 3. The maximum atomic E-state index is 11.0. The molecule has 2 aromatic rings. The summed E-state index contributed by atoms with van der Waals surface area (Å²) in [6.07, 6.45) is 4.69. The Balaban J connectivity index is 2.02. The van der Waals surface area contributed by atoms with Crippen molar-refractivity contribution in [2.45, 2.75) is 12.8 Å². The fourth-order valence-corrected chi connectivity index (χ4v) is 1.47. The Morgan fingerprint density at radius 2 is 2.06 bits per heavy atom. The van der Waals surface area contributed by atoms with E-state index in [9.17, 15) is 4.79 Å². The molecule has 2 rings (SSSR count). The van der Waals surface area contributed by atoms with Gasteiger partial charge in [-0.05, 0) is 18.1 Å². The average Bonchev–Trinajstić information content (AvgIpc) is 2.28. The summed E-state index contributed by atoms with van der Waals surface area (Å²) in [4.78, 5) is 21.7. The molecule has 0 unspecified atom stereocenters. The Kier molecular flexibility index (Phi) is 3.31. The molecule has 0 radical (unpaired) electrons. The van der Waals surface area contributed by atoms with Crippen molar-refractivity contribution in [3.8, 4) is 0 Å². The van der Waals surface area contributed by atoms with Crippen LogP contribution in [0.2, 0.25) is 5.15 Å². The van der Waals surface area contributed by atoms with Crippen LogP contribution >= 0.6 is 11.6 Å². The van der Waals surface area contributed by atoms with E-state index >= 15 is 0 Å². The molecule has 82 valence electrons. The van der Waals surface area contributed by atoms with Gasteiger partial charge in [0, 0.05) is 24.9 Å². The molecular formula is C11H10ClN3O. The minimum Gasteiger partial charge on any atom is -0.311 e. The summed E-state index contributed by atoms with van der Waals surface area (Å²) in [7, 11) is 0. The second kappa shape index (κ2) is 4.90. The number of H-pyrrole nitrogens is 1. The zero-order valence-electron chi connectivity index (χ0n) is 8.48. The molecule has 5 heteroatoms. The molecule has 0 spiro atoms. The lowest BCUT2D eigenvalue weighted by Gasteiger charge is -2.00. The maximum Gasteiger partial charge on any atom is 0.250 e. The van der Waals surface area contributed by atoms with E-state index in [4.69, 9.17) is 11.6 Å². The quantitative estimate of drug-likeness (QED) is 0.823. The number of nitrogens with one attached hydrogen (secondary N) is 1. The van der Waals surface area contributed by atoms with Crippen LogP contribution in [0.3, 0.4) is 0 Å². The van der Waals surface area contributed by atoms with E-state index in [0.717, 1.165) is 12.0 Å². The number of aromatic amines is 1. The van der Waals surface area contributed by atoms with Crippen LogP contribution in [0, 0.1) is 0 Å². The van der Waals surface area contributed by atoms with Gasteiger partial charge in [0.1, 0.15) is 11.0 Å². The summed E-state index contributed by atoms with van der Waals surface area (Å²) in [5, 5.41) is 0.481. The van der Waals surface area contributed by atoms with Gasteiger partial charge in [-0.25, -0.2) is 9.97 Å². The van der Waals surface area contributed by atoms with Crippen molar-refractivity contribution in [1.82, 2.24) is 15.0 Å². The first-order valence-corrected chi connectivity index (χ1v) is 5.26. The third-order valence-corrected chi connectivity index (χ3v) is 2.39. The van der Waals surface area contributed by atoms with Crippen molar-refractivity contribution < 1.29 is 0 Å². The van der Waals surface area contributed by atoms with Crippen LogP contribution < -0.4 is 5.56 Å². The van der Waals surface area contributed by atoms with Crippen molar-refractivity contribution in [3.63, 3.8) is 0 Å². The number of hydrogen-bond acceptors (Lipinski definition) is 3. The van der Waals surface area contributed by atoms with Crippen molar-refractivity contribution in [2.75, 3.05) is 0 Å². The molecule has 0 aliphatic carbocycles. The zero-order valence-corrected chi connectivity index (χ0v) is 9.24. The highest BCUT2D eigenvalue weighted by Gasteiger charge is 1.98. The largest absolute Gasteiger partial charge is 0.311 e. The second-order valence-electron chi connectivity index (χ2n) is 3.37. The predicted octanol–water partition coefficient (Wildman–Crippen LogP) is 1.60. The van der Waals surface area contributed by atoms with Crippen LogP contribution in [0.4, 0.5) is 0 Å². The van der Waals surface area contributed by atoms with Gasteiger partial charge in [0.2, 0.25) is 0 Å². The number of aryl methyl sites for hydroxylation is 2. The van der Waals surface area contributed by atoms with Crippen molar-refractivity contribution >= 4 is 11.6 Å². The molecule has 0 atom stereocenters. The van der Waals surface area contributed by atoms with Crippen LogP contribution in [-0.2, 0) is 12.8 Å². The lowest BCUT2D eigenvalue weighted by atomic mass is 10.1. The first-order valence-electron chi connectivity index (χ1n) is 4.89. The molecule has 4 nitrogen and oxygen atoms in total. The van der Waals surface area contributed by atoms with Gasteiger partial charge < -0.3 is 4.98 Å². The first-order chi connectivity index (χ1) is 7.74. The summed E-state index contributed by atoms with van der Waals surface area (Å²) in [5.74, 6) is 0.683. The molecule has 0 aliphatic heterocycles. The van der Waals surface area contributed by atoms with Gasteiger partial charge >= 0.3 is 0 Å². The van der Waals surface area contributed by atoms with E-state index in [0.29, 0.717) is 17.4 Å². The van der Waals surface area contributed by atoms with Gasteiger partial charge in [0.15, 0.2) is 0 Å². The van der Waals surface area contributed by atoms with Crippen LogP contribution in [0.25, 0.3) is 0 Å². The van der Waals surface area contributed by atoms with Gasteiger partial charge in [0.25, 0.3) is 5.56 Å². The van der Waals surface area contributed by atoms with Gasteiger partial charge in [-0.2, -0.15) is 0 Å². The zero-order chi connectivity index (χ0) is 11.4. The molecule has 0 aliphatic rings. The van der Waals surface area contributed by atoms with E-state index < -0.39 is 0 Å². The average molecular weight is 236 g/mol. The number of nitrogens with zero attached hydrogens (tertiary/aromatic N) is 2. The summed E-state index contributed by atoms with van der Waals surface area (Å²) >= 11 is 5.68. The van der Waals surface area contributed by atoms with Crippen molar-refractivity contribution in [3.05, 3.63) is 57.5 Å². The van der Waals surface area contributed by atoms with Crippen molar-refractivity contribution in [2.24, 2.45) is 0 Å². The van der Waals surface area contributed by atoms with Crippen LogP contribution in [-0.4, -0.2) is 15.0 Å². The molecule has 0 saturated carbocycles. The molecular weight excluding hydrogens is 226 g/mol. The highest BCUT2D eigenvalue weighted by molar-refractivity contribution is 6.29. The minimum absolute atomic E-state index is 0.126. The molecule has 0 bridgehead atoms. The van der Waals surface area contributed by atoms with E-state index in [-0.39, 0.29) is 5.56 Å². The monoisotopic (exact) mass is 235 g/mol. The summed E-state index contributed by atoms with van der Waals surface area (Å²) in [5.41, 5.74) is 0.940. The number of aromatic nitrogens is 3. The Morgan fingerprint density at radius 1 is 1.19 bits per heavy atom. The smallest absolute Gasteiger partial charge is 0.250 e. The van der Waals surface area contributed by atoms with E-state index in [1.54, 1.807) is 12.3 Å². The highest BCUT2D eigenvalue weighted by Crippen LogP contribution is 2.07. The molecule has 16 heavy (non-hydrogen) atoms. The summed E-state index contributed by atoms with van der Waals surface area (Å²) in [6.45, 7) is 0. The third kappa shape index (κ3) is 2.90. The number of halogens is 1. The van der Waals surface area contributed by atoms with E-state index in [1.165, 1.54) is 12.3 Å². The van der Waals surface area contributed by atoms with Crippen LogP contribution in [0.1, 0.15) is 11.4 Å². The fraction of sp³-hybridized carbons (Fsp3) is 0.182. The van der Waals surface area contributed by atoms with Gasteiger partial charge in [-0.1, -0.05) is 17.7 Å². The molecule has 2 aromatic heterocycles. The lowest BCUT2D eigenvalue weighted by molar-refractivity contribution is 0.844. The fourth-order valence-electron chi connectivity index (χ4n) is 1.36. The molecule has 2 heterocycles. The topological polar surface area (TPSA) is 58.6 Å². The maximum absolute atomic E-state index is 11.0. The Bertz CT molecular complexity index is 521. The van der Waals surface area contributed by atoms with E-state index in [1.807, 2.05) is 6.07 Å². The molecule has 1 N–H and O–H groups in total. The van der Waals surface area contributed by atoms with Crippen LogP contribution in [0.15, 0.2) is 35.4 Å². The molecule has 0 fully saturated rings. The first kappa shape index (κ1) is 10.8. The van der Waals surface area contributed by atoms with Crippen molar-refractivity contribution in [1.29, 1.82) is 0 Å². The highest BCUT2D eigenvalue weighted by atomic mass is 35.5. The normalized spacial score (nSPS) is 10.3. The lowest BCUT2D eigenvalue weighted by Crippen LogP contribution is -2.09. The summed E-state index contributed by atoms with van der Waals surface area (Å²) in [6, 6.07) is 5.06. The van der Waals surface area contributed by atoms with Gasteiger partial charge in [-0.3, -0.25) is 4.79 Å². The molecule has 0 saturated heterocycles. The number of hydrogen-bond donors (Lipinski definition) is 1. The SMILES string of the molecule is O=c1ccnc(CCc2ccc(Cl)nc2)[nH]1. The van der Waals surface area contributed by atoms with Gasteiger partial charge in [0.05, 0.1) is 0 Å². The van der Waals surface area contributed by atoms with Crippen LogP contribution in [0.5, 0.6) is 0 Å². The minimum atomic E-state index is -0.126. The van der Waals surface area contributed by atoms with Gasteiger partial charge in [-0.15, -0.1) is 0 Å². The predicted molar refractivity (Wildman–Crippen MR) is 61.5 cm³/mol.